The van der Waals surface area contributed by atoms with Gasteiger partial charge in [-0.25, -0.2) is 6.07 Å². The Morgan fingerprint density at radius 3 is 1.95 bits per heavy atom. The predicted molar refractivity (Wildman–Crippen MR) is 95.1 cm³/mol. The van der Waals surface area contributed by atoms with Crippen molar-refractivity contribution in [2.45, 2.75) is 57.5 Å². The Balaban J connectivity index is -0.000000463. The molecule has 22 heavy (non-hydrogen) atoms. The standard InChI is InChI=1S/C14H23Si.3CH4O.Ti/c1-14(2,3)15-10-11-8-12-6-4-5-7-13(12)9-11;3*1-2;/h8-9H,4-7,10,15H2,1-3H3;3*2H,1H3;/q-1;;;;. The van der Waals surface area contributed by atoms with E-state index >= 15 is 0 Å². The van der Waals surface area contributed by atoms with E-state index in [-0.39, 0.29) is 31.2 Å². The molecule has 0 heterocycles. The van der Waals surface area contributed by atoms with Crippen LogP contribution < -0.4 is 0 Å². The number of rotatable bonds is 2. The van der Waals surface area contributed by atoms with Gasteiger partial charge in [0.2, 0.25) is 0 Å². The van der Waals surface area contributed by atoms with Crippen molar-refractivity contribution in [2.75, 3.05) is 21.3 Å². The average molecular weight is 363 g/mol. The topological polar surface area (TPSA) is 60.7 Å². The van der Waals surface area contributed by atoms with E-state index in [1.54, 1.807) is 16.7 Å². The third-order valence-electron chi connectivity index (χ3n) is 3.44. The molecule has 0 aliphatic heterocycles. The third kappa shape index (κ3) is 11.7. The van der Waals surface area contributed by atoms with Crippen molar-refractivity contribution in [3.63, 3.8) is 0 Å². The summed E-state index contributed by atoms with van der Waals surface area (Å²) in [4.78, 5) is 0. The summed E-state index contributed by atoms with van der Waals surface area (Å²) in [7, 11) is 3.05. The molecule has 0 amide bonds. The van der Waals surface area contributed by atoms with Crippen LogP contribution in [-0.4, -0.2) is 46.2 Å². The molecule has 3 N–H and O–H groups in total. The van der Waals surface area contributed by atoms with Gasteiger partial charge >= 0.3 is 0 Å². The molecule has 0 fully saturated rings. The van der Waals surface area contributed by atoms with Gasteiger partial charge < -0.3 is 15.3 Å². The van der Waals surface area contributed by atoms with Crippen molar-refractivity contribution in [2.24, 2.45) is 0 Å². The van der Waals surface area contributed by atoms with Gasteiger partial charge in [-0.2, -0.15) is 22.8 Å². The van der Waals surface area contributed by atoms with E-state index in [4.69, 9.17) is 15.3 Å². The van der Waals surface area contributed by atoms with Crippen LogP contribution in [0.1, 0.15) is 50.3 Å². The van der Waals surface area contributed by atoms with Gasteiger partial charge in [0.05, 0.1) is 0 Å². The third-order valence-corrected chi connectivity index (χ3v) is 5.76. The molecular weight excluding hydrogens is 328 g/mol. The van der Waals surface area contributed by atoms with Crippen LogP contribution in [0.2, 0.25) is 5.04 Å². The van der Waals surface area contributed by atoms with Gasteiger partial charge in [0.25, 0.3) is 0 Å². The summed E-state index contributed by atoms with van der Waals surface area (Å²) in [6, 6.07) is 6.39. The second kappa shape index (κ2) is 16.0. The first kappa shape index (κ1) is 27.0. The van der Waals surface area contributed by atoms with E-state index in [2.05, 4.69) is 32.9 Å². The largest absolute Gasteiger partial charge is 0.400 e. The molecule has 1 aromatic rings. The SMILES string of the molecule is CC(C)(C)[SiH2]Cc1cc2c([cH-]1)CCCC2.CO.CO.CO.[Ti]. The maximum absolute atomic E-state index is 7.00. The zero-order valence-corrected chi connectivity index (χ0v) is 18.2. The molecule has 0 radical (unpaired) electrons. The van der Waals surface area contributed by atoms with E-state index in [0.717, 1.165) is 21.3 Å². The normalized spacial score (nSPS) is 12.6. The fraction of sp³-hybridized carbons (Fsp3) is 0.706. The Bertz CT molecular complexity index is 323. The van der Waals surface area contributed by atoms with Gasteiger partial charge in [0.15, 0.2) is 0 Å². The summed E-state index contributed by atoms with van der Waals surface area (Å²) in [5.41, 5.74) is 4.97. The van der Waals surface area contributed by atoms with E-state index in [0.29, 0.717) is 5.04 Å². The molecule has 1 aliphatic carbocycles. The fourth-order valence-electron chi connectivity index (χ4n) is 2.43. The molecule has 3 nitrogen and oxygen atoms in total. The number of hydrogen-bond donors (Lipinski definition) is 3. The minimum absolute atomic E-state index is 0. The first-order valence-electron chi connectivity index (χ1n) is 7.66. The van der Waals surface area contributed by atoms with Gasteiger partial charge in [-0.15, -0.1) is 0 Å². The maximum atomic E-state index is 7.00. The number of hydrogen-bond acceptors (Lipinski definition) is 3. The van der Waals surface area contributed by atoms with Crippen molar-refractivity contribution in [1.82, 2.24) is 0 Å². The quantitative estimate of drug-likeness (QED) is 0.556. The molecule has 2 rings (SSSR count). The van der Waals surface area contributed by atoms with Crippen LogP contribution in [-0.2, 0) is 40.6 Å². The van der Waals surface area contributed by atoms with E-state index in [1.807, 2.05) is 0 Å². The summed E-state index contributed by atoms with van der Waals surface area (Å²) < 4.78 is 0. The van der Waals surface area contributed by atoms with Crippen LogP contribution in [0.15, 0.2) is 12.1 Å². The summed E-state index contributed by atoms with van der Waals surface area (Å²) >= 11 is 0. The molecule has 5 heteroatoms. The molecule has 0 saturated heterocycles. The summed E-state index contributed by atoms with van der Waals surface area (Å²) in [6.45, 7) is 7.17. The Morgan fingerprint density at radius 1 is 1.00 bits per heavy atom. The molecule has 130 valence electrons. The van der Waals surface area contributed by atoms with Crippen LogP contribution in [0.25, 0.3) is 0 Å². The number of aliphatic hydroxyl groups excluding tert-OH is 3. The predicted octanol–water partition coefficient (Wildman–Crippen LogP) is 1.99. The van der Waals surface area contributed by atoms with E-state index in [9.17, 15) is 0 Å². The molecule has 1 aromatic carbocycles. The Morgan fingerprint density at radius 2 is 1.50 bits per heavy atom. The minimum atomic E-state index is 0. The zero-order valence-electron chi connectivity index (χ0n) is 15.2. The number of fused-ring (bicyclic) bond motifs is 1. The monoisotopic (exact) mass is 363 g/mol. The molecule has 1 aliphatic rings. The average Bonchev–Trinajstić information content (AvgIpc) is 2.94. The molecular formula is C17H35O3SiTi-. The molecule has 0 atom stereocenters. The molecule has 0 bridgehead atoms. The Hall–Kier alpha value is 0.161. The maximum Gasteiger partial charge on any atom is 0.0319 e. The first-order valence-corrected chi connectivity index (χ1v) is 9.37. The van der Waals surface area contributed by atoms with E-state index in [1.165, 1.54) is 31.7 Å². The Kier molecular flexibility index (Phi) is 19.7. The van der Waals surface area contributed by atoms with Gasteiger partial charge in [0.1, 0.15) is 0 Å². The van der Waals surface area contributed by atoms with Crippen molar-refractivity contribution >= 4 is 9.52 Å². The van der Waals surface area contributed by atoms with Gasteiger partial charge in [-0.1, -0.05) is 52.5 Å². The first-order chi connectivity index (χ1) is 10.0. The van der Waals surface area contributed by atoms with Crippen LogP contribution in [0.4, 0.5) is 0 Å². The van der Waals surface area contributed by atoms with E-state index < -0.39 is 0 Å². The van der Waals surface area contributed by atoms with Crippen molar-refractivity contribution in [3.05, 3.63) is 28.8 Å². The van der Waals surface area contributed by atoms with Crippen LogP contribution in [0.5, 0.6) is 0 Å². The number of aryl methyl sites for hydroxylation is 2. The zero-order chi connectivity index (χ0) is 16.9. The smallest absolute Gasteiger partial charge is 0.0319 e. The Labute approximate surface area is 154 Å². The molecule has 0 aromatic heterocycles. The van der Waals surface area contributed by atoms with Crippen molar-refractivity contribution in [3.8, 4) is 0 Å². The van der Waals surface area contributed by atoms with Gasteiger partial charge in [-0.3, -0.25) is 0 Å². The second-order valence-electron chi connectivity index (χ2n) is 6.18. The molecule has 0 unspecified atom stereocenters. The summed E-state index contributed by atoms with van der Waals surface area (Å²) in [5.74, 6) is 0. The fourth-order valence-corrected chi connectivity index (χ4v) is 3.76. The van der Waals surface area contributed by atoms with Crippen LogP contribution in [0.3, 0.4) is 0 Å². The summed E-state index contributed by atoms with van der Waals surface area (Å²) in [5, 5.41) is 21.6. The minimum Gasteiger partial charge on any atom is -0.400 e. The van der Waals surface area contributed by atoms with Gasteiger partial charge in [0, 0.05) is 52.6 Å². The van der Waals surface area contributed by atoms with Gasteiger partial charge in [-0.05, 0) is 5.04 Å². The van der Waals surface area contributed by atoms with Crippen LogP contribution >= 0.6 is 0 Å². The molecule has 0 spiro atoms. The van der Waals surface area contributed by atoms with Crippen molar-refractivity contribution in [1.29, 1.82) is 0 Å². The number of aliphatic hydroxyl groups is 3. The second-order valence-corrected chi connectivity index (χ2v) is 9.30. The van der Waals surface area contributed by atoms with Crippen molar-refractivity contribution < 1.29 is 37.0 Å². The molecule has 0 saturated carbocycles. The summed E-state index contributed by atoms with van der Waals surface area (Å²) in [6.07, 6.45) is 5.50. The van der Waals surface area contributed by atoms with Crippen LogP contribution in [0, 0.1) is 0 Å².